The molecule has 1 aliphatic heterocycles. The molecule has 0 aliphatic carbocycles. The normalized spacial score (nSPS) is 14.0. The smallest absolute Gasteiger partial charge is 0.251 e. The Morgan fingerprint density at radius 3 is 2.11 bits per heavy atom. The van der Waals surface area contributed by atoms with Gasteiger partial charge >= 0.3 is 0 Å². The number of carbonyl (C=O) groups excluding carboxylic acids is 1. The number of hydrogen-bond acceptors (Lipinski definition) is 3. The largest absolute Gasteiger partial charge is 0.486 e. The second kappa shape index (κ2) is 7.26. The van der Waals surface area contributed by atoms with E-state index in [1.807, 2.05) is 42.5 Å². The molecule has 0 bridgehead atoms. The average Bonchev–Trinajstić information content (AvgIpc) is 2.65. The summed E-state index contributed by atoms with van der Waals surface area (Å²) in [6.07, 6.45) is 0. The van der Waals surface area contributed by atoms with E-state index in [0.29, 0.717) is 25.3 Å². The van der Waals surface area contributed by atoms with Crippen LogP contribution >= 0.6 is 0 Å². The summed E-state index contributed by atoms with van der Waals surface area (Å²) >= 11 is 0. The first kappa shape index (κ1) is 19.3. The number of hydrogen-bond donors (Lipinski definition) is 1. The van der Waals surface area contributed by atoms with Crippen molar-refractivity contribution < 1.29 is 14.3 Å². The second-order valence-corrected chi connectivity index (χ2v) is 8.75. The molecule has 1 aliphatic rings. The molecular weight excluding hydrogens is 338 g/mol. The van der Waals surface area contributed by atoms with E-state index in [2.05, 4.69) is 39.9 Å². The van der Waals surface area contributed by atoms with Gasteiger partial charge in [0, 0.05) is 17.5 Å². The third-order valence-corrected chi connectivity index (χ3v) is 5.03. The van der Waals surface area contributed by atoms with Crippen LogP contribution < -0.4 is 14.8 Å². The molecule has 0 saturated carbocycles. The number of benzene rings is 2. The van der Waals surface area contributed by atoms with Crippen molar-refractivity contribution >= 4 is 5.91 Å². The van der Waals surface area contributed by atoms with Crippen LogP contribution in [0.5, 0.6) is 11.5 Å². The maximum atomic E-state index is 12.6. The summed E-state index contributed by atoms with van der Waals surface area (Å²) in [6, 6.07) is 13.8. The highest BCUT2D eigenvalue weighted by Crippen LogP contribution is 2.35. The van der Waals surface area contributed by atoms with Gasteiger partial charge in [0.05, 0.1) is 0 Å². The first-order valence-corrected chi connectivity index (χ1v) is 9.46. The molecule has 1 N–H and O–H groups in total. The summed E-state index contributed by atoms with van der Waals surface area (Å²) < 4.78 is 11.3. The Kier molecular flexibility index (Phi) is 5.18. The van der Waals surface area contributed by atoms with Crippen LogP contribution in [0.2, 0.25) is 0 Å². The summed E-state index contributed by atoms with van der Waals surface area (Å²) in [5.41, 5.74) is 2.86. The molecule has 4 heteroatoms. The fourth-order valence-corrected chi connectivity index (χ4v) is 3.09. The number of ether oxygens (including phenoxy) is 2. The molecule has 0 aromatic heterocycles. The highest BCUT2D eigenvalue weighted by Gasteiger charge is 2.24. The second-order valence-electron chi connectivity index (χ2n) is 8.75. The Morgan fingerprint density at radius 2 is 1.48 bits per heavy atom. The Bertz CT molecular complexity index is 817. The van der Waals surface area contributed by atoms with Crippen LogP contribution in [0.4, 0.5) is 0 Å². The maximum absolute atomic E-state index is 12.6. The lowest BCUT2D eigenvalue weighted by atomic mass is 9.84. The molecule has 3 rings (SSSR count). The molecule has 0 spiro atoms. The minimum atomic E-state index is -0.225. The molecule has 2 aromatic rings. The van der Waals surface area contributed by atoms with Crippen LogP contribution in [0.1, 0.15) is 56.1 Å². The highest BCUT2D eigenvalue weighted by atomic mass is 16.6. The molecular formula is C23H29NO3. The number of carbonyl (C=O) groups is 1. The molecule has 1 heterocycles. The summed E-state index contributed by atoms with van der Waals surface area (Å²) in [5, 5.41) is 3.06. The van der Waals surface area contributed by atoms with Gasteiger partial charge in [-0.1, -0.05) is 52.8 Å². The Morgan fingerprint density at radius 1 is 0.889 bits per heavy atom. The number of amides is 1. The molecule has 144 valence electrons. The average molecular weight is 367 g/mol. The van der Waals surface area contributed by atoms with E-state index in [4.69, 9.17) is 9.47 Å². The number of fused-ring (bicyclic) bond motifs is 1. The maximum Gasteiger partial charge on any atom is 0.251 e. The van der Waals surface area contributed by atoms with Gasteiger partial charge in [-0.15, -0.1) is 0 Å². The van der Waals surface area contributed by atoms with Gasteiger partial charge in [0.15, 0.2) is 11.5 Å². The van der Waals surface area contributed by atoms with Crippen molar-refractivity contribution in [3.63, 3.8) is 0 Å². The Balaban J connectivity index is 1.67. The van der Waals surface area contributed by atoms with Crippen LogP contribution in [-0.2, 0) is 10.8 Å². The van der Waals surface area contributed by atoms with Gasteiger partial charge in [0.2, 0.25) is 0 Å². The minimum absolute atomic E-state index is 0.0546. The van der Waals surface area contributed by atoms with E-state index in [0.717, 1.165) is 17.1 Å². The monoisotopic (exact) mass is 367 g/mol. The number of rotatable bonds is 4. The molecule has 2 aromatic carbocycles. The standard InChI is InChI=1S/C23H29NO3/c1-22(2,3)17-8-6-16(7-9-17)21(25)24-15-23(4,5)18-10-11-19-20(14-18)27-13-12-26-19/h6-11,14H,12-13,15H2,1-5H3,(H,24,25). The van der Waals surface area contributed by atoms with E-state index in [1.54, 1.807) is 0 Å². The minimum Gasteiger partial charge on any atom is -0.486 e. The zero-order valence-electron chi connectivity index (χ0n) is 16.9. The lowest BCUT2D eigenvalue weighted by Crippen LogP contribution is -2.36. The summed E-state index contributed by atoms with van der Waals surface area (Å²) in [4.78, 5) is 12.6. The predicted octanol–water partition coefficient (Wildman–Crippen LogP) is 4.46. The highest BCUT2D eigenvalue weighted by molar-refractivity contribution is 5.94. The van der Waals surface area contributed by atoms with Crippen molar-refractivity contribution in [2.24, 2.45) is 0 Å². The van der Waals surface area contributed by atoms with E-state index < -0.39 is 0 Å². The van der Waals surface area contributed by atoms with Gasteiger partial charge in [0.1, 0.15) is 13.2 Å². The fraction of sp³-hybridized carbons (Fsp3) is 0.435. The third-order valence-electron chi connectivity index (χ3n) is 5.03. The first-order valence-electron chi connectivity index (χ1n) is 9.46. The summed E-state index contributed by atoms with van der Waals surface area (Å²) in [5.74, 6) is 1.50. The van der Waals surface area contributed by atoms with Gasteiger partial charge in [-0.25, -0.2) is 0 Å². The molecule has 27 heavy (non-hydrogen) atoms. The lowest BCUT2D eigenvalue weighted by Gasteiger charge is -2.28. The van der Waals surface area contributed by atoms with Crippen molar-refractivity contribution in [1.82, 2.24) is 5.32 Å². The molecule has 0 saturated heterocycles. The van der Waals surface area contributed by atoms with E-state index >= 15 is 0 Å². The molecule has 0 fully saturated rings. The third kappa shape index (κ3) is 4.44. The van der Waals surface area contributed by atoms with Crippen LogP contribution in [0, 0.1) is 0 Å². The topological polar surface area (TPSA) is 47.6 Å². The van der Waals surface area contributed by atoms with Gasteiger partial charge < -0.3 is 14.8 Å². The van der Waals surface area contributed by atoms with Gasteiger partial charge in [0.25, 0.3) is 5.91 Å². The fourth-order valence-electron chi connectivity index (χ4n) is 3.09. The van der Waals surface area contributed by atoms with Crippen LogP contribution in [-0.4, -0.2) is 25.7 Å². The lowest BCUT2D eigenvalue weighted by molar-refractivity contribution is 0.0945. The zero-order valence-corrected chi connectivity index (χ0v) is 16.9. The predicted molar refractivity (Wildman–Crippen MR) is 108 cm³/mol. The van der Waals surface area contributed by atoms with Crippen molar-refractivity contribution in [2.45, 2.75) is 45.4 Å². The summed E-state index contributed by atoms with van der Waals surface area (Å²) in [7, 11) is 0. The van der Waals surface area contributed by atoms with Crippen LogP contribution in [0.15, 0.2) is 42.5 Å². The van der Waals surface area contributed by atoms with Crippen molar-refractivity contribution in [3.05, 3.63) is 59.2 Å². The SMILES string of the molecule is CC(C)(C)c1ccc(C(=O)NCC(C)(C)c2ccc3c(c2)OCCO3)cc1. The molecule has 0 unspecified atom stereocenters. The Hall–Kier alpha value is -2.49. The van der Waals surface area contributed by atoms with Crippen LogP contribution in [0.3, 0.4) is 0 Å². The van der Waals surface area contributed by atoms with E-state index in [-0.39, 0.29) is 16.7 Å². The summed E-state index contributed by atoms with van der Waals surface area (Å²) in [6.45, 7) is 12.4. The van der Waals surface area contributed by atoms with Gasteiger partial charge in [-0.2, -0.15) is 0 Å². The Labute approximate surface area is 161 Å². The van der Waals surface area contributed by atoms with E-state index in [9.17, 15) is 4.79 Å². The number of nitrogens with one attached hydrogen (secondary N) is 1. The van der Waals surface area contributed by atoms with Crippen molar-refractivity contribution in [1.29, 1.82) is 0 Å². The van der Waals surface area contributed by atoms with E-state index in [1.165, 1.54) is 5.56 Å². The molecule has 0 atom stereocenters. The quantitative estimate of drug-likeness (QED) is 0.868. The first-order chi connectivity index (χ1) is 12.7. The zero-order chi connectivity index (χ0) is 19.7. The molecule has 0 radical (unpaired) electrons. The molecule has 4 nitrogen and oxygen atoms in total. The van der Waals surface area contributed by atoms with Crippen LogP contribution in [0.25, 0.3) is 0 Å². The molecule has 1 amide bonds. The van der Waals surface area contributed by atoms with Gasteiger partial charge in [-0.3, -0.25) is 4.79 Å². The van der Waals surface area contributed by atoms with Gasteiger partial charge in [-0.05, 0) is 40.8 Å². The van der Waals surface area contributed by atoms with Crippen molar-refractivity contribution in [2.75, 3.05) is 19.8 Å². The van der Waals surface area contributed by atoms with Crippen molar-refractivity contribution in [3.8, 4) is 11.5 Å².